The molecule has 0 aliphatic heterocycles. The summed E-state index contributed by atoms with van der Waals surface area (Å²) in [6, 6.07) is 13.6. The third kappa shape index (κ3) is 8.31. The molecule has 0 fully saturated rings. The minimum absolute atomic E-state index is 0.211. The Balaban J connectivity index is 1.77. The molecule has 28 heavy (non-hydrogen) atoms. The third-order valence-electron chi connectivity index (χ3n) is 3.28. The summed E-state index contributed by atoms with van der Waals surface area (Å²) in [7, 11) is 0. The van der Waals surface area contributed by atoms with Crippen LogP contribution in [-0.4, -0.2) is 48.8 Å². The van der Waals surface area contributed by atoms with E-state index in [2.05, 4.69) is 19.4 Å². The number of benzene rings is 2. The average Bonchev–Trinajstić information content (AvgIpc) is 2.64. The maximum Gasteiger partial charge on any atom is 0.259 e. The molecule has 2 aromatic carbocycles. The molecule has 148 valence electrons. The second-order valence-electron chi connectivity index (χ2n) is 5.49. The van der Waals surface area contributed by atoms with Gasteiger partial charge in [-0.1, -0.05) is 24.3 Å². The van der Waals surface area contributed by atoms with E-state index in [0.717, 1.165) is 11.1 Å². The van der Waals surface area contributed by atoms with Gasteiger partial charge in [0.2, 0.25) is 0 Å². The highest BCUT2D eigenvalue weighted by Crippen LogP contribution is 2.09. The maximum atomic E-state index is 10.6. The molecule has 0 saturated carbocycles. The zero-order valence-corrected chi connectivity index (χ0v) is 16.2. The quantitative estimate of drug-likeness (QED) is 0.296. The van der Waals surface area contributed by atoms with Gasteiger partial charge in [-0.2, -0.15) is 0 Å². The second-order valence-corrected chi connectivity index (χ2v) is 6.89. The Morgan fingerprint density at radius 2 is 1.18 bits per heavy atom. The van der Waals surface area contributed by atoms with Crippen LogP contribution in [-0.2, 0) is 22.5 Å². The molecule has 0 radical (unpaired) electrons. The highest BCUT2D eigenvalue weighted by molar-refractivity contribution is 7.80. The molecule has 9 nitrogen and oxygen atoms in total. The average molecular weight is 422 g/mol. The summed E-state index contributed by atoms with van der Waals surface area (Å²) in [4.78, 5) is 8.37. The monoisotopic (exact) mass is 421 g/mol. The fraction of sp³-hybridized carbons (Fsp3) is 0.118. The van der Waals surface area contributed by atoms with Gasteiger partial charge in [0, 0.05) is 23.8 Å². The van der Waals surface area contributed by atoms with Crippen molar-refractivity contribution in [3.05, 3.63) is 59.7 Å². The Kier molecular flexibility index (Phi) is 8.62. The standard InChI is InChI=1S/C17H19N5O4S2/c18-15(11-19-9-13-1-5-16(6-2-13)21-27(23)24)12-20-10-14-3-7-17(8-4-14)22-28(25)26/h1-10,18,21-22H,11-12H2,(H,23,24)(H,25,26). The van der Waals surface area contributed by atoms with Gasteiger partial charge >= 0.3 is 0 Å². The van der Waals surface area contributed by atoms with E-state index in [1.807, 2.05) is 0 Å². The topological polar surface area (TPSA) is 147 Å². The van der Waals surface area contributed by atoms with Gasteiger partial charge in [0.25, 0.3) is 22.5 Å². The molecule has 0 aliphatic rings. The summed E-state index contributed by atoms with van der Waals surface area (Å²) in [6.07, 6.45) is 3.24. The Hall–Kier alpha value is -2.73. The Morgan fingerprint density at radius 3 is 1.50 bits per heavy atom. The van der Waals surface area contributed by atoms with E-state index in [-0.39, 0.29) is 13.1 Å². The number of nitrogens with zero attached hydrogens (tertiary/aromatic N) is 2. The van der Waals surface area contributed by atoms with Crippen molar-refractivity contribution >= 4 is 52.0 Å². The van der Waals surface area contributed by atoms with Gasteiger partial charge < -0.3 is 5.41 Å². The van der Waals surface area contributed by atoms with Crippen LogP contribution in [0.25, 0.3) is 0 Å². The van der Waals surface area contributed by atoms with Crippen LogP contribution in [0.15, 0.2) is 58.5 Å². The van der Waals surface area contributed by atoms with Gasteiger partial charge in [-0.15, -0.1) is 0 Å². The molecule has 2 aromatic rings. The van der Waals surface area contributed by atoms with E-state index in [1.165, 1.54) is 0 Å². The molecule has 0 amide bonds. The third-order valence-corrected chi connectivity index (χ3v) is 4.10. The Morgan fingerprint density at radius 1 is 0.821 bits per heavy atom. The van der Waals surface area contributed by atoms with Crippen LogP contribution in [0.3, 0.4) is 0 Å². The SMILES string of the molecule is N=C(CN=Cc1ccc(NS(=O)O)cc1)CN=Cc1ccc(NS(=O)O)cc1. The first-order valence-electron chi connectivity index (χ1n) is 7.93. The van der Waals surface area contributed by atoms with Gasteiger partial charge in [0.15, 0.2) is 0 Å². The molecule has 0 aliphatic carbocycles. The lowest BCUT2D eigenvalue weighted by atomic mass is 10.2. The minimum Gasteiger partial charge on any atom is -0.306 e. The van der Waals surface area contributed by atoms with Crippen LogP contribution < -0.4 is 9.44 Å². The number of hydrogen-bond acceptors (Lipinski definition) is 5. The zero-order valence-electron chi connectivity index (χ0n) is 14.6. The van der Waals surface area contributed by atoms with Crippen LogP contribution in [0.2, 0.25) is 0 Å². The summed E-state index contributed by atoms with van der Waals surface area (Å²) in [5.74, 6) is 0. The molecule has 0 spiro atoms. The summed E-state index contributed by atoms with van der Waals surface area (Å²) in [5, 5.41) is 7.87. The molecule has 0 bridgehead atoms. The van der Waals surface area contributed by atoms with Crippen molar-refractivity contribution in [3.8, 4) is 0 Å². The summed E-state index contributed by atoms with van der Waals surface area (Å²) >= 11 is -4.21. The van der Waals surface area contributed by atoms with E-state index < -0.39 is 22.5 Å². The lowest BCUT2D eigenvalue weighted by Gasteiger charge is -2.01. The van der Waals surface area contributed by atoms with Gasteiger partial charge in [-0.3, -0.25) is 28.5 Å². The molecule has 2 unspecified atom stereocenters. The fourth-order valence-electron chi connectivity index (χ4n) is 2.05. The van der Waals surface area contributed by atoms with Crippen LogP contribution >= 0.6 is 0 Å². The second kappa shape index (κ2) is 11.2. The van der Waals surface area contributed by atoms with Crippen molar-refractivity contribution in [3.63, 3.8) is 0 Å². The molecule has 2 rings (SSSR count). The molecule has 0 saturated heterocycles. The first-order valence-corrected chi connectivity index (χ1v) is 10.1. The van der Waals surface area contributed by atoms with Crippen molar-refractivity contribution in [2.75, 3.05) is 22.5 Å². The normalized spacial score (nSPS) is 13.5. The number of hydrogen-bond donors (Lipinski definition) is 5. The highest BCUT2D eigenvalue weighted by Gasteiger charge is 1.97. The van der Waals surface area contributed by atoms with Gasteiger partial charge in [0.1, 0.15) is 0 Å². The Labute approximate surface area is 167 Å². The molecule has 0 heterocycles. The number of nitrogens with one attached hydrogen (secondary N) is 3. The van der Waals surface area contributed by atoms with Gasteiger partial charge in [-0.05, 0) is 35.4 Å². The lowest BCUT2D eigenvalue weighted by Crippen LogP contribution is -2.06. The lowest BCUT2D eigenvalue weighted by molar-refractivity contribution is 0.568. The van der Waals surface area contributed by atoms with E-state index in [4.69, 9.17) is 14.5 Å². The number of rotatable bonds is 10. The number of aliphatic imine (C=N–C) groups is 2. The van der Waals surface area contributed by atoms with Crippen LogP contribution in [0.5, 0.6) is 0 Å². The summed E-state index contributed by atoms with van der Waals surface area (Å²) < 4.78 is 43.5. The summed E-state index contributed by atoms with van der Waals surface area (Å²) in [5.41, 5.74) is 3.00. The Bertz CT molecular complexity index is 825. The predicted molar refractivity (Wildman–Crippen MR) is 114 cm³/mol. The maximum absolute atomic E-state index is 10.6. The first-order chi connectivity index (χ1) is 13.4. The largest absolute Gasteiger partial charge is 0.306 e. The summed E-state index contributed by atoms with van der Waals surface area (Å²) in [6.45, 7) is 0.423. The molecule has 0 aromatic heterocycles. The number of anilines is 2. The van der Waals surface area contributed by atoms with Crippen LogP contribution in [0, 0.1) is 5.41 Å². The predicted octanol–water partition coefficient (Wildman–Crippen LogP) is 2.34. The van der Waals surface area contributed by atoms with Crippen molar-refractivity contribution in [2.24, 2.45) is 9.98 Å². The van der Waals surface area contributed by atoms with E-state index in [9.17, 15) is 8.42 Å². The molecule has 11 heteroatoms. The van der Waals surface area contributed by atoms with Crippen molar-refractivity contribution in [2.45, 2.75) is 0 Å². The van der Waals surface area contributed by atoms with Gasteiger partial charge in [-0.25, -0.2) is 8.42 Å². The first kappa shape index (κ1) is 21.6. The molecular formula is C17H19N5O4S2. The molecule has 5 N–H and O–H groups in total. The smallest absolute Gasteiger partial charge is 0.259 e. The van der Waals surface area contributed by atoms with Crippen molar-refractivity contribution in [1.29, 1.82) is 5.41 Å². The van der Waals surface area contributed by atoms with E-state index in [1.54, 1.807) is 61.0 Å². The minimum atomic E-state index is -2.11. The van der Waals surface area contributed by atoms with Crippen LogP contribution in [0.4, 0.5) is 11.4 Å². The fourth-order valence-corrected chi connectivity index (χ4v) is 2.72. The van der Waals surface area contributed by atoms with E-state index >= 15 is 0 Å². The zero-order chi connectivity index (χ0) is 20.4. The molecular weight excluding hydrogens is 402 g/mol. The highest BCUT2D eigenvalue weighted by atomic mass is 32.2. The molecule has 2 atom stereocenters. The van der Waals surface area contributed by atoms with Gasteiger partial charge in [0.05, 0.1) is 18.8 Å². The van der Waals surface area contributed by atoms with Crippen LogP contribution in [0.1, 0.15) is 11.1 Å². The van der Waals surface area contributed by atoms with E-state index in [0.29, 0.717) is 17.1 Å². The van der Waals surface area contributed by atoms with Crippen molar-refractivity contribution in [1.82, 2.24) is 0 Å². The van der Waals surface area contributed by atoms with Crippen molar-refractivity contribution < 1.29 is 17.5 Å².